The second kappa shape index (κ2) is 6.49. The van der Waals surface area contributed by atoms with Gasteiger partial charge in [0.05, 0.1) is 5.56 Å². The number of likely N-dealkylation sites (N-methyl/N-ethyl adjacent to an activating group) is 1. The molecule has 104 valence electrons. The van der Waals surface area contributed by atoms with E-state index in [9.17, 15) is 4.79 Å². The van der Waals surface area contributed by atoms with E-state index in [0.717, 1.165) is 45.1 Å². The highest BCUT2D eigenvalue weighted by molar-refractivity contribution is 5.92. The van der Waals surface area contributed by atoms with Gasteiger partial charge in [0.2, 0.25) is 5.91 Å². The summed E-state index contributed by atoms with van der Waals surface area (Å²) in [6.45, 7) is 6.36. The largest absolute Gasteiger partial charge is 0.369 e. The van der Waals surface area contributed by atoms with Crippen LogP contribution in [0, 0.1) is 0 Å². The molecule has 2 rings (SSSR count). The number of anilines is 1. The molecule has 19 heavy (non-hydrogen) atoms. The number of nitrogens with zero attached hydrogens (tertiary/aromatic N) is 3. The Balaban J connectivity index is 1.72. The first kappa shape index (κ1) is 13.8. The Labute approximate surface area is 113 Å². The predicted octanol–water partition coefficient (Wildman–Crippen LogP) is -0.160. The zero-order valence-electron chi connectivity index (χ0n) is 11.3. The van der Waals surface area contributed by atoms with E-state index in [4.69, 9.17) is 5.73 Å². The van der Waals surface area contributed by atoms with Crippen LogP contribution in [0.5, 0.6) is 0 Å². The molecule has 0 spiro atoms. The molecule has 0 aliphatic carbocycles. The van der Waals surface area contributed by atoms with Crippen LogP contribution in [0.25, 0.3) is 0 Å². The highest BCUT2D eigenvalue weighted by Gasteiger charge is 2.12. The number of aromatic nitrogens is 1. The van der Waals surface area contributed by atoms with Crippen molar-refractivity contribution in [3.8, 4) is 0 Å². The Morgan fingerprint density at radius 1 is 1.37 bits per heavy atom. The number of carbonyl (C=O) groups excluding carboxylic acids is 1. The summed E-state index contributed by atoms with van der Waals surface area (Å²) in [5.74, 6) is 0.329. The van der Waals surface area contributed by atoms with Gasteiger partial charge in [-0.2, -0.15) is 0 Å². The summed E-state index contributed by atoms with van der Waals surface area (Å²) in [7, 11) is 2.15. The average Bonchev–Trinajstić information content (AvgIpc) is 2.41. The van der Waals surface area contributed by atoms with Gasteiger partial charge in [0.1, 0.15) is 5.82 Å². The number of hydrogen-bond donors (Lipinski definition) is 2. The molecule has 6 heteroatoms. The minimum atomic E-state index is -0.448. The number of nitrogens with one attached hydrogen (secondary N) is 1. The van der Waals surface area contributed by atoms with Gasteiger partial charge in [0, 0.05) is 45.5 Å². The molecule has 1 aliphatic rings. The molecule has 6 nitrogen and oxygen atoms in total. The van der Waals surface area contributed by atoms with Crippen LogP contribution in [-0.4, -0.2) is 67.0 Å². The molecule has 1 amide bonds. The molecular weight excluding hydrogens is 242 g/mol. The van der Waals surface area contributed by atoms with Gasteiger partial charge in [-0.3, -0.25) is 9.69 Å². The maximum atomic E-state index is 10.9. The van der Waals surface area contributed by atoms with E-state index in [0.29, 0.717) is 5.56 Å². The van der Waals surface area contributed by atoms with Gasteiger partial charge in [-0.25, -0.2) is 4.98 Å². The van der Waals surface area contributed by atoms with E-state index in [1.165, 1.54) is 6.20 Å². The molecule has 1 aromatic heterocycles. The number of amides is 1. The number of nitrogens with two attached hydrogens (primary N) is 1. The summed E-state index contributed by atoms with van der Waals surface area (Å²) in [4.78, 5) is 19.8. The van der Waals surface area contributed by atoms with Crippen LogP contribution in [0.2, 0.25) is 0 Å². The van der Waals surface area contributed by atoms with Crippen molar-refractivity contribution in [2.24, 2.45) is 5.73 Å². The van der Waals surface area contributed by atoms with Crippen LogP contribution >= 0.6 is 0 Å². The van der Waals surface area contributed by atoms with Gasteiger partial charge >= 0.3 is 0 Å². The summed E-state index contributed by atoms with van der Waals surface area (Å²) in [6, 6.07) is 3.47. The fourth-order valence-electron chi connectivity index (χ4n) is 2.06. The van der Waals surface area contributed by atoms with Crippen molar-refractivity contribution in [3.05, 3.63) is 23.9 Å². The lowest BCUT2D eigenvalue weighted by molar-refractivity contribution is 0.1000. The molecule has 1 aliphatic heterocycles. The Kier molecular flexibility index (Phi) is 4.70. The smallest absolute Gasteiger partial charge is 0.250 e. The van der Waals surface area contributed by atoms with Crippen molar-refractivity contribution >= 4 is 11.7 Å². The van der Waals surface area contributed by atoms with Crippen molar-refractivity contribution in [2.45, 2.75) is 0 Å². The molecule has 0 atom stereocenters. The Hall–Kier alpha value is -1.66. The summed E-state index contributed by atoms with van der Waals surface area (Å²) in [5, 5.41) is 3.25. The number of piperazine rings is 1. The van der Waals surface area contributed by atoms with Crippen LogP contribution < -0.4 is 11.1 Å². The molecule has 0 radical (unpaired) electrons. The first-order chi connectivity index (χ1) is 9.15. The Bertz CT molecular complexity index is 412. The van der Waals surface area contributed by atoms with E-state index < -0.39 is 5.91 Å². The van der Waals surface area contributed by atoms with Crippen molar-refractivity contribution in [1.82, 2.24) is 14.8 Å². The minimum absolute atomic E-state index is 0.435. The van der Waals surface area contributed by atoms with Gasteiger partial charge in [-0.15, -0.1) is 0 Å². The van der Waals surface area contributed by atoms with Gasteiger partial charge in [-0.05, 0) is 19.2 Å². The van der Waals surface area contributed by atoms with E-state index >= 15 is 0 Å². The third kappa shape index (κ3) is 4.18. The van der Waals surface area contributed by atoms with E-state index in [1.807, 2.05) is 0 Å². The Morgan fingerprint density at radius 2 is 2.11 bits per heavy atom. The van der Waals surface area contributed by atoms with Crippen molar-refractivity contribution in [3.63, 3.8) is 0 Å². The normalized spacial score (nSPS) is 17.3. The third-order valence-electron chi connectivity index (χ3n) is 3.38. The summed E-state index contributed by atoms with van der Waals surface area (Å²) in [6.07, 6.45) is 1.50. The lowest BCUT2D eigenvalue weighted by Gasteiger charge is -2.32. The number of pyridine rings is 1. The maximum Gasteiger partial charge on any atom is 0.250 e. The SMILES string of the molecule is CN1CCN(CCNc2ccc(C(N)=O)cn2)CC1. The molecule has 3 N–H and O–H groups in total. The first-order valence-corrected chi connectivity index (χ1v) is 6.56. The predicted molar refractivity (Wildman–Crippen MR) is 75.2 cm³/mol. The molecule has 1 aromatic rings. The van der Waals surface area contributed by atoms with Crippen LogP contribution in [0.15, 0.2) is 18.3 Å². The van der Waals surface area contributed by atoms with E-state index in [2.05, 4.69) is 27.1 Å². The van der Waals surface area contributed by atoms with Crippen LogP contribution in [0.3, 0.4) is 0 Å². The van der Waals surface area contributed by atoms with Crippen LogP contribution in [0.1, 0.15) is 10.4 Å². The van der Waals surface area contributed by atoms with Crippen LogP contribution in [0.4, 0.5) is 5.82 Å². The molecule has 0 bridgehead atoms. The molecular formula is C13H21N5O. The van der Waals surface area contributed by atoms with Gasteiger partial charge in [0.15, 0.2) is 0 Å². The number of carbonyl (C=O) groups is 1. The molecule has 1 fully saturated rings. The quantitative estimate of drug-likeness (QED) is 0.772. The summed E-state index contributed by atoms with van der Waals surface area (Å²) >= 11 is 0. The number of rotatable bonds is 5. The monoisotopic (exact) mass is 263 g/mol. The highest BCUT2D eigenvalue weighted by atomic mass is 16.1. The lowest BCUT2D eigenvalue weighted by Crippen LogP contribution is -2.45. The number of primary amides is 1. The second-order valence-electron chi connectivity index (χ2n) is 4.87. The van der Waals surface area contributed by atoms with Crippen molar-refractivity contribution in [2.75, 3.05) is 51.6 Å². The zero-order valence-corrected chi connectivity index (χ0v) is 11.3. The molecule has 0 unspecified atom stereocenters. The average molecular weight is 263 g/mol. The van der Waals surface area contributed by atoms with E-state index in [-0.39, 0.29) is 0 Å². The lowest BCUT2D eigenvalue weighted by atomic mass is 10.3. The molecule has 0 aromatic carbocycles. The zero-order chi connectivity index (χ0) is 13.7. The molecule has 2 heterocycles. The summed E-state index contributed by atoms with van der Waals surface area (Å²) < 4.78 is 0. The van der Waals surface area contributed by atoms with Crippen molar-refractivity contribution < 1.29 is 4.79 Å². The van der Waals surface area contributed by atoms with Crippen molar-refractivity contribution in [1.29, 1.82) is 0 Å². The van der Waals surface area contributed by atoms with E-state index in [1.54, 1.807) is 12.1 Å². The van der Waals surface area contributed by atoms with Gasteiger partial charge in [-0.1, -0.05) is 0 Å². The molecule has 0 saturated carbocycles. The summed E-state index contributed by atoms with van der Waals surface area (Å²) in [5.41, 5.74) is 5.60. The first-order valence-electron chi connectivity index (χ1n) is 6.56. The Morgan fingerprint density at radius 3 is 2.68 bits per heavy atom. The molecule has 1 saturated heterocycles. The number of hydrogen-bond acceptors (Lipinski definition) is 5. The van der Waals surface area contributed by atoms with Crippen LogP contribution in [-0.2, 0) is 0 Å². The minimum Gasteiger partial charge on any atom is -0.369 e. The fourth-order valence-corrected chi connectivity index (χ4v) is 2.06. The van der Waals surface area contributed by atoms with Gasteiger partial charge in [0.25, 0.3) is 0 Å². The van der Waals surface area contributed by atoms with Gasteiger partial charge < -0.3 is 16.0 Å². The maximum absolute atomic E-state index is 10.9. The fraction of sp³-hybridized carbons (Fsp3) is 0.538. The highest BCUT2D eigenvalue weighted by Crippen LogP contribution is 2.04. The second-order valence-corrected chi connectivity index (χ2v) is 4.87. The standard InChI is InChI=1S/C13H21N5O/c1-17-6-8-18(9-7-17)5-4-15-12-3-2-11(10-16-12)13(14)19/h2-3,10H,4-9H2,1H3,(H2,14,19)(H,15,16). The third-order valence-corrected chi connectivity index (χ3v) is 3.38. The topological polar surface area (TPSA) is 74.5 Å².